The fourth-order valence-electron chi connectivity index (χ4n) is 3.51. The molecular formula is C18H16N2O2S2. The molecule has 2 atom stereocenters. The number of nitrogens with one attached hydrogen (secondary N) is 1. The maximum Gasteiger partial charge on any atom is 0.233 e. The highest BCUT2D eigenvalue weighted by molar-refractivity contribution is 7.13. The molecule has 0 saturated heterocycles. The molecule has 2 N–H and O–H groups in total. The van der Waals surface area contributed by atoms with Crippen LogP contribution in [0.2, 0.25) is 0 Å². The van der Waals surface area contributed by atoms with Gasteiger partial charge in [-0.15, -0.1) is 22.7 Å². The zero-order chi connectivity index (χ0) is 16.7. The van der Waals surface area contributed by atoms with Crippen LogP contribution in [-0.2, 0) is 11.2 Å². The smallest absolute Gasteiger partial charge is 0.233 e. The van der Waals surface area contributed by atoms with Crippen molar-refractivity contribution >= 4 is 33.7 Å². The molecule has 0 unspecified atom stereocenters. The lowest BCUT2D eigenvalue weighted by atomic mass is 9.76. The molecule has 1 aliphatic carbocycles. The van der Waals surface area contributed by atoms with Crippen LogP contribution in [0.5, 0.6) is 5.75 Å². The number of nitrogens with zero attached hydrogens (tertiary/aromatic N) is 1. The number of carbonyl (C=O) groups excluding carboxylic acids is 1. The van der Waals surface area contributed by atoms with E-state index in [4.69, 9.17) is 0 Å². The van der Waals surface area contributed by atoms with Crippen LogP contribution in [0.1, 0.15) is 28.8 Å². The standard InChI is InChI=1S/C18H16N2O2S2/c1-18(16(22)20-17-19-6-8-24-17)10-11-4-5-12(21)9-13(11)15(18)14-3-2-7-23-14/h2-9,15,21H,10H2,1H3,(H,19,20,22)/t15-,18-/m0/s1. The number of thiazole rings is 1. The summed E-state index contributed by atoms with van der Waals surface area (Å²) in [5.74, 6) is 0.131. The Kier molecular flexibility index (Phi) is 3.66. The summed E-state index contributed by atoms with van der Waals surface area (Å²) in [6, 6.07) is 9.47. The van der Waals surface area contributed by atoms with E-state index < -0.39 is 5.41 Å². The predicted octanol–water partition coefficient (Wildman–Crippen LogP) is 4.24. The van der Waals surface area contributed by atoms with Crippen molar-refractivity contribution in [3.05, 3.63) is 63.3 Å². The molecule has 6 heteroatoms. The third-order valence-corrected chi connectivity index (χ3v) is 6.26. The SMILES string of the molecule is C[C@]1(C(=O)Nc2nccs2)Cc2ccc(O)cc2[C@H]1c1cccs1. The predicted molar refractivity (Wildman–Crippen MR) is 96.8 cm³/mol. The number of phenolic OH excluding ortho intramolecular Hbond substituents is 1. The van der Waals surface area contributed by atoms with E-state index >= 15 is 0 Å². The van der Waals surface area contributed by atoms with Gasteiger partial charge in [0.05, 0.1) is 5.41 Å². The maximum atomic E-state index is 13.1. The number of thiophene rings is 1. The van der Waals surface area contributed by atoms with Crippen LogP contribution in [0.4, 0.5) is 5.13 Å². The fraction of sp³-hybridized carbons (Fsp3) is 0.222. The van der Waals surface area contributed by atoms with Crippen LogP contribution >= 0.6 is 22.7 Å². The zero-order valence-corrected chi connectivity index (χ0v) is 14.7. The number of hydrogen-bond acceptors (Lipinski definition) is 5. The van der Waals surface area contributed by atoms with E-state index in [0.717, 1.165) is 16.0 Å². The first-order valence-electron chi connectivity index (χ1n) is 7.64. The number of phenols is 1. The van der Waals surface area contributed by atoms with Crippen molar-refractivity contribution in [1.82, 2.24) is 4.98 Å². The second kappa shape index (κ2) is 5.72. The minimum absolute atomic E-state index is 0.0356. The van der Waals surface area contributed by atoms with Crippen LogP contribution in [0.3, 0.4) is 0 Å². The summed E-state index contributed by atoms with van der Waals surface area (Å²) in [5.41, 5.74) is 1.53. The van der Waals surface area contributed by atoms with E-state index in [1.165, 1.54) is 11.3 Å². The Bertz CT molecular complexity index is 875. The molecule has 0 spiro atoms. The summed E-state index contributed by atoms with van der Waals surface area (Å²) < 4.78 is 0. The topological polar surface area (TPSA) is 62.2 Å². The zero-order valence-electron chi connectivity index (χ0n) is 13.0. The van der Waals surface area contributed by atoms with Gasteiger partial charge in [0.1, 0.15) is 5.75 Å². The van der Waals surface area contributed by atoms with Gasteiger partial charge in [-0.2, -0.15) is 0 Å². The van der Waals surface area contributed by atoms with E-state index in [1.54, 1.807) is 29.7 Å². The van der Waals surface area contributed by atoms with Crippen LogP contribution in [-0.4, -0.2) is 16.0 Å². The molecule has 1 aromatic carbocycles. The van der Waals surface area contributed by atoms with Crippen LogP contribution in [0.25, 0.3) is 0 Å². The number of hydrogen-bond donors (Lipinski definition) is 2. The third-order valence-electron chi connectivity index (χ3n) is 4.63. The number of aromatic nitrogens is 1. The van der Waals surface area contributed by atoms with E-state index in [1.807, 2.05) is 29.8 Å². The molecule has 0 aliphatic heterocycles. The van der Waals surface area contributed by atoms with Gasteiger partial charge in [0.2, 0.25) is 5.91 Å². The van der Waals surface area contributed by atoms with E-state index in [9.17, 15) is 9.90 Å². The highest BCUT2D eigenvalue weighted by atomic mass is 32.1. The van der Waals surface area contributed by atoms with Gasteiger partial charge in [-0.25, -0.2) is 4.98 Å². The Morgan fingerprint density at radius 2 is 2.21 bits per heavy atom. The van der Waals surface area contributed by atoms with Crippen molar-refractivity contribution in [3.8, 4) is 5.75 Å². The van der Waals surface area contributed by atoms with Gasteiger partial charge in [0.15, 0.2) is 5.13 Å². The van der Waals surface area contributed by atoms with Crippen molar-refractivity contribution in [3.63, 3.8) is 0 Å². The lowest BCUT2D eigenvalue weighted by Crippen LogP contribution is -2.37. The molecule has 0 saturated carbocycles. The van der Waals surface area contributed by atoms with E-state index in [-0.39, 0.29) is 17.6 Å². The Morgan fingerprint density at radius 3 is 2.92 bits per heavy atom. The molecule has 4 rings (SSSR count). The summed E-state index contributed by atoms with van der Waals surface area (Å²) in [5, 5.41) is 17.4. The van der Waals surface area contributed by atoms with Gasteiger partial charge in [-0.1, -0.05) is 12.1 Å². The van der Waals surface area contributed by atoms with Crippen LogP contribution in [0.15, 0.2) is 47.3 Å². The first-order chi connectivity index (χ1) is 11.6. The summed E-state index contributed by atoms with van der Waals surface area (Å²) in [4.78, 5) is 18.4. The molecule has 1 amide bonds. The molecule has 3 aromatic rings. The number of benzene rings is 1. The number of rotatable bonds is 3. The Labute approximate surface area is 147 Å². The van der Waals surface area contributed by atoms with Gasteiger partial charge < -0.3 is 10.4 Å². The number of anilines is 1. The van der Waals surface area contributed by atoms with Crippen LogP contribution in [0, 0.1) is 5.41 Å². The lowest BCUT2D eigenvalue weighted by Gasteiger charge is -2.29. The second-order valence-corrected chi connectivity index (χ2v) is 8.09. The van der Waals surface area contributed by atoms with Gasteiger partial charge in [0, 0.05) is 22.4 Å². The monoisotopic (exact) mass is 356 g/mol. The third kappa shape index (κ3) is 2.42. The second-order valence-electron chi connectivity index (χ2n) is 6.22. The summed E-state index contributed by atoms with van der Waals surface area (Å²) in [7, 11) is 0. The van der Waals surface area contributed by atoms with Gasteiger partial charge in [-0.3, -0.25) is 4.79 Å². The molecule has 0 radical (unpaired) electrons. The number of fused-ring (bicyclic) bond motifs is 1. The maximum absolute atomic E-state index is 13.1. The lowest BCUT2D eigenvalue weighted by molar-refractivity contribution is -0.125. The molecule has 0 fully saturated rings. The highest BCUT2D eigenvalue weighted by Gasteiger charge is 2.49. The molecule has 1 aliphatic rings. The van der Waals surface area contributed by atoms with E-state index in [2.05, 4.69) is 16.4 Å². The summed E-state index contributed by atoms with van der Waals surface area (Å²) in [6.07, 6.45) is 2.32. The molecule has 24 heavy (non-hydrogen) atoms. The first-order valence-corrected chi connectivity index (χ1v) is 9.40. The number of aromatic hydroxyl groups is 1. The largest absolute Gasteiger partial charge is 0.508 e. The molecule has 2 heterocycles. The normalized spacial score (nSPS) is 22.3. The van der Waals surface area contributed by atoms with Crippen LogP contribution < -0.4 is 5.32 Å². The van der Waals surface area contributed by atoms with Gasteiger partial charge in [0.25, 0.3) is 0 Å². The summed E-state index contributed by atoms with van der Waals surface area (Å²) >= 11 is 3.06. The van der Waals surface area contributed by atoms with Crippen molar-refractivity contribution in [2.75, 3.05) is 5.32 Å². The average Bonchev–Trinajstić information content (AvgIpc) is 3.26. The Morgan fingerprint density at radius 1 is 1.33 bits per heavy atom. The molecule has 122 valence electrons. The van der Waals surface area contributed by atoms with Gasteiger partial charge >= 0.3 is 0 Å². The highest BCUT2D eigenvalue weighted by Crippen LogP contribution is 2.53. The quantitative estimate of drug-likeness (QED) is 0.738. The minimum atomic E-state index is -0.618. The van der Waals surface area contributed by atoms with Crippen molar-refractivity contribution in [2.45, 2.75) is 19.3 Å². The fourth-order valence-corrected chi connectivity index (χ4v) is 5.03. The minimum Gasteiger partial charge on any atom is -0.508 e. The van der Waals surface area contributed by atoms with Gasteiger partial charge in [-0.05, 0) is 48.1 Å². The molecule has 2 aromatic heterocycles. The Hall–Kier alpha value is -2.18. The number of carbonyl (C=O) groups is 1. The Balaban J connectivity index is 1.78. The average molecular weight is 356 g/mol. The summed E-state index contributed by atoms with van der Waals surface area (Å²) in [6.45, 7) is 2.00. The molecule has 0 bridgehead atoms. The van der Waals surface area contributed by atoms with Crippen molar-refractivity contribution in [1.29, 1.82) is 0 Å². The van der Waals surface area contributed by atoms with E-state index in [0.29, 0.717) is 11.6 Å². The first kappa shape index (κ1) is 15.4. The number of amides is 1. The van der Waals surface area contributed by atoms with Crippen molar-refractivity contribution in [2.24, 2.45) is 5.41 Å². The molecular weight excluding hydrogens is 340 g/mol. The van der Waals surface area contributed by atoms with Crippen molar-refractivity contribution < 1.29 is 9.90 Å². The molecule has 4 nitrogen and oxygen atoms in total.